The minimum Gasteiger partial charge on any atom is -0.382 e. The van der Waals surface area contributed by atoms with E-state index in [2.05, 4.69) is 20.4 Å². The molecule has 158 valence electrons. The Labute approximate surface area is 175 Å². The Morgan fingerprint density at radius 3 is 2.61 bits per heavy atom. The van der Waals surface area contributed by atoms with E-state index in [4.69, 9.17) is 5.73 Å². The highest BCUT2D eigenvalue weighted by atomic mass is 19.2. The number of nitrogen functional groups attached to an aromatic ring is 1. The maximum absolute atomic E-state index is 13.4. The Kier molecular flexibility index (Phi) is 5.07. The van der Waals surface area contributed by atoms with Gasteiger partial charge in [0.15, 0.2) is 23.6 Å². The molecule has 0 spiro atoms. The molecule has 2 aromatic carbocycles. The summed E-state index contributed by atoms with van der Waals surface area (Å²) in [6.45, 7) is 3.63. The highest BCUT2D eigenvalue weighted by molar-refractivity contribution is 5.95. The number of nitrogens with zero attached hydrogens (tertiary/aromatic N) is 4. The van der Waals surface area contributed by atoms with Crippen molar-refractivity contribution in [1.29, 1.82) is 0 Å². The van der Waals surface area contributed by atoms with Gasteiger partial charge in [-0.05, 0) is 55.3 Å². The number of aliphatic hydroxyl groups excluding tert-OH is 1. The first-order valence-corrected chi connectivity index (χ1v) is 9.27. The highest BCUT2D eigenvalue weighted by Crippen LogP contribution is 2.27. The summed E-state index contributed by atoms with van der Waals surface area (Å²) in [6, 6.07) is 7.83. The number of aromatic nitrogens is 4. The monoisotopic (exact) mass is 424 g/mol. The fourth-order valence-corrected chi connectivity index (χ4v) is 3.30. The number of carbonyl (C=O) groups excluding carboxylic acids is 1. The number of halogens is 2. The summed E-state index contributed by atoms with van der Waals surface area (Å²) in [5.41, 5.74) is 9.74. The number of anilines is 2. The molecule has 4 rings (SSSR count). The standard InChI is InChI=1S/C21H18F2N6O2/c1-10-7-13(27-21(31)19(30)12-3-5-14(22)15(23)8-12)4-6-16(10)29-18-17(11(2)28-29)25-9-26-20(18)24/h3-9,19,30H,1-2H3,(H,27,31)(H2,24,25,26). The molecule has 2 heterocycles. The molecular weight excluding hydrogens is 406 g/mol. The second kappa shape index (κ2) is 7.73. The van der Waals surface area contributed by atoms with E-state index in [1.807, 2.05) is 13.8 Å². The molecule has 0 aliphatic carbocycles. The maximum atomic E-state index is 13.4. The van der Waals surface area contributed by atoms with Crippen LogP contribution in [0, 0.1) is 25.5 Å². The topological polar surface area (TPSA) is 119 Å². The molecule has 4 aromatic rings. The van der Waals surface area contributed by atoms with Crippen LogP contribution in [-0.4, -0.2) is 30.8 Å². The SMILES string of the molecule is Cc1cc(NC(=O)C(O)c2ccc(F)c(F)c2)ccc1-n1nc(C)c2ncnc(N)c21. The van der Waals surface area contributed by atoms with Crippen LogP contribution < -0.4 is 11.1 Å². The van der Waals surface area contributed by atoms with Gasteiger partial charge >= 0.3 is 0 Å². The molecule has 10 heteroatoms. The van der Waals surface area contributed by atoms with Crippen molar-refractivity contribution >= 4 is 28.4 Å². The number of aliphatic hydroxyl groups is 1. The van der Waals surface area contributed by atoms with Gasteiger partial charge in [-0.25, -0.2) is 23.4 Å². The van der Waals surface area contributed by atoms with Crippen molar-refractivity contribution in [3.8, 4) is 5.69 Å². The molecule has 0 saturated heterocycles. The fourth-order valence-electron chi connectivity index (χ4n) is 3.30. The van der Waals surface area contributed by atoms with Gasteiger partial charge in [-0.1, -0.05) is 6.07 Å². The molecule has 1 unspecified atom stereocenters. The summed E-state index contributed by atoms with van der Waals surface area (Å²) >= 11 is 0. The van der Waals surface area contributed by atoms with Crippen molar-refractivity contribution in [3.05, 3.63) is 71.2 Å². The fraction of sp³-hybridized carbons (Fsp3) is 0.143. The first-order chi connectivity index (χ1) is 14.8. The van der Waals surface area contributed by atoms with Crippen LogP contribution >= 0.6 is 0 Å². The van der Waals surface area contributed by atoms with E-state index in [1.165, 1.54) is 6.33 Å². The van der Waals surface area contributed by atoms with Gasteiger partial charge in [0, 0.05) is 5.69 Å². The van der Waals surface area contributed by atoms with Crippen molar-refractivity contribution in [2.75, 3.05) is 11.1 Å². The van der Waals surface area contributed by atoms with E-state index >= 15 is 0 Å². The predicted molar refractivity (Wildman–Crippen MR) is 110 cm³/mol. The summed E-state index contributed by atoms with van der Waals surface area (Å²) in [6.07, 6.45) is -0.287. The Bertz CT molecular complexity index is 1320. The predicted octanol–water partition coefficient (Wildman–Crippen LogP) is 2.96. The van der Waals surface area contributed by atoms with E-state index in [0.29, 0.717) is 28.1 Å². The highest BCUT2D eigenvalue weighted by Gasteiger charge is 2.20. The quantitative estimate of drug-likeness (QED) is 0.463. The largest absolute Gasteiger partial charge is 0.382 e. The van der Waals surface area contributed by atoms with E-state index in [-0.39, 0.29) is 11.4 Å². The minimum atomic E-state index is -1.66. The number of rotatable bonds is 4. The number of nitrogens with one attached hydrogen (secondary N) is 1. The summed E-state index contributed by atoms with van der Waals surface area (Å²) in [5, 5.41) is 17.2. The molecule has 1 amide bonds. The van der Waals surface area contributed by atoms with Crippen LogP contribution in [0.3, 0.4) is 0 Å². The van der Waals surface area contributed by atoms with Crippen molar-refractivity contribution in [2.24, 2.45) is 0 Å². The van der Waals surface area contributed by atoms with E-state index in [0.717, 1.165) is 23.8 Å². The van der Waals surface area contributed by atoms with E-state index in [1.54, 1.807) is 22.9 Å². The first kappa shape index (κ1) is 20.4. The lowest BCUT2D eigenvalue weighted by Crippen LogP contribution is -2.21. The summed E-state index contributed by atoms with van der Waals surface area (Å²) in [7, 11) is 0. The Morgan fingerprint density at radius 2 is 1.90 bits per heavy atom. The normalized spacial score (nSPS) is 12.2. The molecule has 0 aliphatic rings. The molecule has 0 radical (unpaired) electrons. The molecule has 4 N–H and O–H groups in total. The van der Waals surface area contributed by atoms with Gasteiger partial charge in [0.1, 0.15) is 17.4 Å². The zero-order valence-corrected chi connectivity index (χ0v) is 16.6. The number of benzene rings is 2. The van der Waals surface area contributed by atoms with Crippen LogP contribution in [0.4, 0.5) is 20.3 Å². The van der Waals surface area contributed by atoms with Crippen molar-refractivity contribution in [1.82, 2.24) is 19.7 Å². The molecule has 2 aromatic heterocycles. The molecule has 31 heavy (non-hydrogen) atoms. The summed E-state index contributed by atoms with van der Waals surface area (Å²) < 4.78 is 28.1. The average Bonchev–Trinajstić information content (AvgIpc) is 3.07. The molecule has 0 fully saturated rings. The minimum absolute atomic E-state index is 0.0568. The van der Waals surface area contributed by atoms with Crippen LogP contribution in [0.2, 0.25) is 0 Å². The van der Waals surface area contributed by atoms with Crippen LogP contribution in [0.25, 0.3) is 16.7 Å². The molecular formula is C21H18F2N6O2. The molecule has 0 bridgehead atoms. The first-order valence-electron chi connectivity index (χ1n) is 9.27. The number of fused-ring (bicyclic) bond motifs is 1. The van der Waals surface area contributed by atoms with Crippen LogP contribution in [0.15, 0.2) is 42.7 Å². The molecule has 8 nitrogen and oxygen atoms in total. The van der Waals surface area contributed by atoms with Crippen molar-refractivity contribution < 1.29 is 18.7 Å². The average molecular weight is 424 g/mol. The number of carbonyl (C=O) groups is 1. The number of aryl methyl sites for hydroxylation is 2. The molecule has 0 saturated carbocycles. The van der Waals surface area contributed by atoms with Crippen LogP contribution in [0.5, 0.6) is 0 Å². The second-order valence-electron chi connectivity index (χ2n) is 7.02. The zero-order valence-electron chi connectivity index (χ0n) is 16.6. The van der Waals surface area contributed by atoms with Crippen molar-refractivity contribution in [3.63, 3.8) is 0 Å². The smallest absolute Gasteiger partial charge is 0.257 e. The second-order valence-corrected chi connectivity index (χ2v) is 7.02. The lowest BCUT2D eigenvalue weighted by atomic mass is 10.1. The third kappa shape index (κ3) is 3.68. The van der Waals surface area contributed by atoms with Crippen LogP contribution in [-0.2, 0) is 4.79 Å². The lowest BCUT2D eigenvalue weighted by Gasteiger charge is -2.14. The van der Waals surface area contributed by atoms with Gasteiger partial charge < -0.3 is 16.2 Å². The van der Waals surface area contributed by atoms with Crippen LogP contribution in [0.1, 0.15) is 22.9 Å². The summed E-state index contributed by atoms with van der Waals surface area (Å²) in [5.74, 6) is -2.70. The number of nitrogens with two attached hydrogens (primary N) is 1. The van der Waals surface area contributed by atoms with Gasteiger partial charge in [0.25, 0.3) is 5.91 Å². The van der Waals surface area contributed by atoms with Gasteiger partial charge in [0.2, 0.25) is 0 Å². The van der Waals surface area contributed by atoms with Gasteiger partial charge in [-0.2, -0.15) is 5.10 Å². The molecule has 1 atom stereocenters. The third-order valence-corrected chi connectivity index (χ3v) is 4.86. The number of hydrogen-bond acceptors (Lipinski definition) is 6. The maximum Gasteiger partial charge on any atom is 0.257 e. The van der Waals surface area contributed by atoms with E-state index < -0.39 is 23.6 Å². The molecule has 0 aliphatic heterocycles. The Morgan fingerprint density at radius 1 is 1.13 bits per heavy atom. The summed E-state index contributed by atoms with van der Waals surface area (Å²) in [4.78, 5) is 20.6. The number of amides is 1. The zero-order chi connectivity index (χ0) is 22.3. The third-order valence-electron chi connectivity index (χ3n) is 4.86. The van der Waals surface area contributed by atoms with Gasteiger partial charge in [0.05, 0.1) is 11.4 Å². The Hall–Kier alpha value is -3.92. The number of hydrogen-bond donors (Lipinski definition) is 3. The van der Waals surface area contributed by atoms with Gasteiger partial charge in [-0.15, -0.1) is 0 Å². The van der Waals surface area contributed by atoms with Crippen molar-refractivity contribution in [2.45, 2.75) is 20.0 Å². The Balaban J connectivity index is 1.61. The van der Waals surface area contributed by atoms with Gasteiger partial charge in [-0.3, -0.25) is 4.79 Å². The van der Waals surface area contributed by atoms with E-state index in [9.17, 15) is 18.7 Å². The lowest BCUT2D eigenvalue weighted by molar-refractivity contribution is -0.124.